The number of methoxy groups -OCH3 is 1. The fraction of sp³-hybridized carbons (Fsp3) is 0.400. The summed E-state index contributed by atoms with van der Waals surface area (Å²) in [6.07, 6.45) is 1.67. The number of nitrogens with zero attached hydrogens (tertiary/aromatic N) is 2. The SMILES string of the molecule is CCN(CC)c1ccc(Nc2ccc(C(=O)NCCOC)nc2)c(C)c1. The third-order valence-corrected chi connectivity index (χ3v) is 4.21. The number of hydrogen-bond acceptors (Lipinski definition) is 5. The standard InChI is InChI=1S/C20H28N4O2/c1-5-24(6-2)17-8-10-18(15(3)13-17)23-16-7-9-19(22-14-16)20(25)21-11-12-26-4/h7-10,13-14,23H,5-6,11-12H2,1-4H3,(H,21,25). The number of aryl methyl sites for hydroxylation is 1. The smallest absolute Gasteiger partial charge is 0.269 e. The van der Waals surface area contributed by atoms with E-state index >= 15 is 0 Å². The number of aromatic nitrogens is 1. The van der Waals surface area contributed by atoms with Crippen LogP contribution in [0.4, 0.5) is 17.1 Å². The number of amides is 1. The molecule has 0 radical (unpaired) electrons. The highest BCUT2D eigenvalue weighted by Crippen LogP contribution is 2.25. The molecule has 6 nitrogen and oxygen atoms in total. The van der Waals surface area contributed by atoms with Crippen molar-refractivity contribution in [1.29, 1.82) is 0 Å². The number of carbonyl (C=O) groups is 1. The van der Waals surface area contributed by atoms with Crippen molar-refractivity contribution in [2.45, 2.75) is 20.8 Å². The summed E-state index contributed by atoms with van der Waals surface area (Å²) in [5.74, 6) is -0.201. The summed E-state index contributed by atoms with van der Waals surface area (Å²) in [6, 6.07) is 9.95. The predicted octanol–water partition coefficient (Wildman–Crippen LogP) is 3.36. The van der Waals surface area contributed by atoms with E-state index in [0.717, 1.165) is 30.0 Å². The van der Waals surface area contributed by atoms with Crippen LogP contribution in [-0.2, 0) is 4.74 Å². The number of ether oxygens (including phenoxy) is 1. The van der Waals surface area contributed by atoms with Gasteiger partial charge in [-0.2, -0.15) is 0 Å². The van der Waals surface area contributed by atoms with Gasteiger partial charge in [0.1, 0.15) is 5.69 Å². The number of pyridine rings is 1. The molecule has 0 spiro atoms. The van der Waals surface area contributed by atoms with Gasteiger partial charge in [0.25, 0.3) is 5.91 Å². The zero-order chi connectivity index (χ0) is 18.9. The van der Waals surface area contributed by atoms with Crippen LogP contribution in [-0.4, -0.2) is 44.2 Å². The maximum atomic E-state index is 11.9. The average molecular weight is 356 g/mol. The molecule has 1 heterocycles. The minimum Gasteiger partial charge on any atom is -0.383 e. The second-order valence-corrected chi connectivity index (χ2v) is 5.98. The molecule has 0 fully saturated rings. The van der Waals surface area contributed by atoms with Crippen molar-refractivity contribution in [2.75, 3.05) is 43.6 Å². The van der Waals surface area contributed by atoms with Crippen molar-refractivity contribution >= 4 is 23.0 Å². The van der Waals surface area contributed by atoms with E-state index in [2.05, 4.69) is 59.5 Å². The summed E-state index contributed by atoms with van der Waals surface area (Å²) in [5, 5.41) is 6.11. The first kappa shape index (κ1) is 19.7. The number of carbonyl (C=O) groups excluding carboxylic acids is 1. The van der Waals surface area contributed by atoms with Crippen LogP contribution >= 0.6 is 0 Å². The molecule has 0 saturated carbocycles. The molecule has 1 amide bonds. The molecule has 0 aliphatic heterocycles. The van der Waals surface area contributed by atoms with Crippen molar-refractivity contribution < 1.29 is 9.53 Å². The van der Waals surface area contributed by atoms with Gasteiger partial charge in [-0.25, -0.2) is 4.98 Å². The van der Waals surface area contributed by atoms with E-state index in [0.29, 0.717) is 18.8 Å². The molecule has 0 atom stereocenters. The number of rotatable bonds is 9. The van der Waals surface area contributed by atoms with Crippen LogP contribution in [0.2, 0.25) is 0 Å². The van der Waals surface area contributed by atoms with Crippen LogP contribution < -0.4 is 15.5 Å². The molecule has 140 valence electrons. The van der Waals surface area contributed by atoms with E-state index in [4.69, 9.17) is 4.74 Å². The second kappa shape index (κ2) is 9.77. The Morgan fingerprint density at radius 3 is 2.54 bits per heavy atom. The average Bonchev–Trinajstić information content (AvgIpc) is 2.65. The van der Waals surface area contributed by atoms with Crippen molar-refractivity contribution in [2.24, 2.45) is 0 Å². The fourth-order valence-corrected chi connectivity index (χ4v) is 2.69. The van der Waals surface area contributed by atoms with Gasteiger partial charge in [0, 0.05) is 38.1 Å². The first-order valence-electron chi connectivity index (χ1n) is 8.94. The van der Waals surface area contributed by atoms with Gasteiger partial charge < -0.3 is 20.3 Å². The van der Waals surface area contributed by atoms with Gasteiger partial charge in [0.05, 0.1) is 18.5 Å². The molecule has 0 aliphatic carbocycles. The van der Waals surface area contributed by atoms with Crippen LogP contribution in [0.15, 0.2) is 36.5 Å². The first-order valence-corrected chi connectivity index (χ1v) is 8.94. The lowest BCUT2D eigenvalue weighted by atomic mass is 10.1. The minimum atomic E-state index is -0.201. The van der Waals surface area contributed by atoms with E-state index in [-0.39, 0.29) is 5.91 Å². The van der Waals surface area contributed by atoms with Crippen LogP contribution in [0, 0.1) is 6.92 Å². The van der Waals surface area contributed by atoms with Crippen molar-refractivity contribution in [3.05, 3.63) is 47.8 Å². The maximum absolute atomic E-state index is 11.9. The third-order valence-electron chi connectivity index (χ3n) is 4.21. The van der Waals surface area contributed by atoms with Crippen molar-refractivity contribution in [1.82, 2.24) is 10.3 Å². The van der Waals surface area contributed by atoms with Gasteiger partial charge >= 0.3 is 0 Å². The zero-order valence-electron chi connectivity index (χ0n) is 16.0. The molecule has 0 unspecified atom stereocenters. The molecule has 0 saturated heterocycles. The maximum Gasteiger partial charge on any atom is 0.269 e. The van der Waals surface area contributed by atoms with E-state index in [1.165, 1.54) is 5.69 Å². The normalized spacial score (nSPS) is 10.5. The summed E-state index contributed by atoms with van der Waals surface area (Å²) in [4.78, 5) is 18.5. The predicted molar refractivity (Wildman–Crippen MR) is 106 cm³/mol. The lowest BCUT2D eigenvalue weighted by Crippen LogP contribution is -2.27. The van der Waals surface area contributed by atoms with Crippen molar-refractivity contribution in [3.8, 4) is 0 Å². The molecule has 26 heavy (non-hydrogen) atoms. The number of benzene rings is 1. The number of hydrogen-bond donors (Lipinski definition) is 2. The monoisotopic (exact) mass is 356 g/mol. The summed E-state index contributed by atoms with van der Waals surface area (Å²) in [6.45, 7) is 9.32. The van der Waals surface area contributed by atoms with Gasteiger partial charge in [-0.15, -0.1) is 0 Å². The molecule has 6 heteroatoms. The van der Waals surface area contributed by atoms with E-state index in [1.807, 2.05) is 6.07 Å². The Morgan fingerprint density at radius 1 is 1.19 bits per heavy atom. The molecule has 2 aromatic rings. The first-order chi connectivity index (χ1) is 12.6. The highest BCUT2D eigenvalue weighted by atomic mass is 16.5. The van der Waals surface area contributed by atoms with E-state index < -0.39 is 0 Å². The molecule has 0 aliphatic rings. The van der Waals surface area contributed by atoms with Crippen LogP contribution in [0.1, 0.15) is 29.9 Å². The summed E-state index contributed by atoms with van der Waals surface area (Å²) in [7, 11) is 1.60. The largest absolute Gasteiger partial charge is 0.383 e. The lowest BCUT2D eigenvalue weighted by molar-refractivity contribution is 0.0932. The molecule has 2 N–H and O–H groups in total. The summed E-state index contributed by atoms with van der Waals surface area (Å²) in [5.41, 5.74) is 4.65. The topological polar surface area (TPSA) is 66.5 Å². The Bertz CT molecular complexity index is 712. The second-order valence-electron chi connectivity index (χ2n) is 5.98. The zero-order valence-corrected chi connectivity index (χ0v) is 16.0. The third kappa shape index (κ3) is 5.20. The lowest BCUT2D eigenvalue weighted by Gasteiger charge is -2.22. The molecule has 1 aromatic carbocycles. The Kier molecular flexibility index (Phi) is 7.41. The number of nitrogens with one attached hydrogen (secondary N) is 2. The Labute approximate surface area is 155 Å². The Balaban J connectivity index is 2.03. The van der Waals surface area contributed by atoms with Crippen LogP contribution in [0.5, 0.6) is 0 Å². The van der Waals surface area contributed by atoms with Crippen molar-refractivity contribution in [3.63, 3.8) is 0 Å². The van der Waals surface area contributed by atoms with Gasteiger partial charge in [0.2, 0.25) is 0 Å². The highest BCUT2D eigenvalue weighted by Gasteiger charge is 2.08. The quantitative estimate of drug-likeness (QED) is 0.675. The fourth-order valence-electron chi connectivity index (χ4n) is 2.69. The van der Waals surface area contributed by atoms with E-state index in [1.54, 1.807) is 19.4 Å². The molecule has 1 aromatic heterocycles. The minimum absolute atomic E-state index is 0.201. The molecule has 2 rings (SSSR count). The van der Waals surface area contributed by atoms with Crippen LogP contribution in [0.3, 0.4) is 0 Å². The summed E-state index contributed by atoms with van der Waals surface area (Å²) < 4.78 is 4.91. The Hall–Kier alpha value is -2.60. The van der Waals surface area contributed by atoms with Crippen LogP contribution in [0.25, 0.3) is 0 Å². The molecule has 0 bridgehead atoms. The Morgan fingerprint density at radius 2 is 1.96 bits per heavy atom. The highest BCUT2D eigenvalue weighted by molar-refractivity contribution is 5.92. The van der Waals surface area contributed by atoms with Gasteiger partial charge in [-0.1, -0.05) is 0 Å². The summed E-state index contributed by atoms with van der Waals surface area (Å²) >= 11 is 0. The van der Waals surface area contributed by atoms with Gasteiger partial charge in [0.15, 0.2) is 0 Å². The molecular weight excluding hydrogens is 328 g/mol. The van der Waals surface area contributed by atoms with E-state index in [9.17, 15) is 4.79 Å². The van der Waals surface area contributed by atoms with Gasteiger partial charge in [-0.3, -0.25) is 4.79 Å². The molecular formula is C20H28N4O2. The number of anilines is 3. The van der Waals surface area contributed by atoms with Gasteiger partial charge in [-0.05, 0) is 56.7 Å².